The zero-order valence-electron chi connectivity index (χ0n) is 9.47. The fourth-order valence-corrected chi connectivity index (χ4v) is 1.94. The fraction of sp³-hybridized carbons (Fsp3) is 0.0667. The molecule has 0 aliphatic carbocycles. The van der Waals surface area contributed by atoms with Gasteiger partial charge in [0.05, 0.1) is 6.20 Å². The van der Waals surface area contributed by atoms with Crippen molar-refractivity contribution in [2.45, 2.75) is 6.61 Å². The maximum Gasteiger partial charge on any atom is 0.141 e. The summed E-state index contributed by atoms with van der Waals surface area (Å²) in [5, 5.41) is 2.11. The highest BCUT2D eigenvalue weighted by atomic mass is 16.5. The molecule has 2 heteroatoms. The largest absolute Gasteiger partial charge is 0.489 e. The lowest BCUT2D eigenvalue weighted by atomic mass is 10.2. The van der Waals surface area contributed by atoms with Gasteiger partial charge in [-0.2, -0.15) is 0 Å². The molecule has 2 aromatic rings. The molecule has 2 N–H and O–H groups in total. The van der Waals surface area contributed by atoms with E-state index in [-0.39, 0.29) is 0 Å². The minimum atomic E-state index is 0.618. The molecule has 0 saturated heterocycles. The summed E-state index contributed by atoms with van der Waals surface area (Å²) in [6.45, 7) is 0.618. The molecule has 0 radical (unpaired) electrons. The van der Waals surface area contributed by atoms with Crippen LogP contribution in [0.3, 0.4) is 0 Å². The second-order valence-electron chi connectivity index (χ2n) is 4.09. The Hall–Kier alpha value is -2.06. The van der Waals surface area contributed by atoms with Gasteiger partial charge in [-0.25, -0.2) is 0 Å². The highest BCUT2D eigenvalue weighted by Crippen LogP contribution is 2.22. The molecule has 0 fully saturated rings. The van der Waals surface area contributed by atoms with Crippen LogP contribution in [0, 0.1) is 0 Å². The first-order chi connectivity index (χ1) is 8.42. The molecule has 0 spiro atoms. The summed E-state index contributed by atoms with van der Waals surface area (Å²) in [7, 11) is 0. The summed E-state index contributed by atoms with van der Waals surface area (Å²) in [4.78, 5) is 0. The van der Waals surface area contributed by atoms with E-state index in [1.165, 1.54) is 16.8 Å². The van der Waals surface area contributed by atoms with Crippen molar-refractivity contribution in [1.82, 2.24) is 0 Å². The van der Waals surface area contributed by atoms with Gasteiger partial charge in [0.15, 0.2) is 0 Å². The third-order valence-electron chi connectivity index (χ3n) is 2.86. The number of ether oxygens (including phenoxy) is 1. The van der Waals surface area contributed by atoms with Crippen LogP contribution in [0.15, 0.2) is 54.7 Å². The number of quaternary nitrogens is 1. The monoisotopic (exact) mass is 224 g/mol. The average molecular weight is 224 g/mol. The van der Waals surface area contributed by atoms with Crippen molar-refractivity contribution in [3.63, 3.8) is 0 Å². The molecule has 2 nitrogen and oxygen atoms in total. The van der Waals surface area contributed by atoms with E-state index < -0.39 is 0 Å². The molecular formula is C15H14NO+. The van der Waals surface area contributed by atoms with Crippen LogP contribution < -0.4 is 10.1 Å². The molecular weight excluding hydrogens is 210 g/mol. The van der Waals surface area contributed by atoms with Gasteiger partial charge in [0.2, 0.25) is 0 Å². The van der Waals surface area contributed by atoms with Gasteiger partial charge in [-0.1, -0.05) is 30.3 Å². The molecule has 2 aromatic carbocycles. The maximum atomic E-state index is 5.77. The van der Waals surface area contributed by atoms with E-state index in [2.05, 4.69) is 41.9 Å². The summed E-state index contributed by atoms with van der Waals surface area (Å²) < 4.78 is 5.77. The second kappa shape index (κ2) is 4.44. The topological polar surface area (TPSA) is 25.8 Å². The molecule has 0 aromatic heterocycles. The molecule has 1 heterocycles. The standard InChI is InChI=1S/C15H13NO/c1-2-4-12(5-3-1)11-17-14-6-7-15-13(10-14)8-9-16-15/h1-10,16H,11H2/p+1. The Morgan fingerprint density at radius 1 is 1.00 bits per heavy atom. The van der Waals surface area contributed by atoms with Crippen molar-refractivity contribution >= 4 is 11.8 Å². The Kier molecular flexibility index (Phi) is 2.64. The number of benzene rings is 2. The van der Waals surface area contributed by atoms with Gasteiger partial charge in [0.25, 0.3) is 0 Å². The Morgan fingerprint density at radius 2 is 1.88 bits per heavy atom. The van der Waals surface area contributed by atoms with E-state index in [4.69, 9.17) is 4.74 Å². The van der Waals surface area contributed by atoms with Crippen molar-refractivity contribution in [2.24, 2.45) is 0 Å². The molecule has 3 rings (SSSR count). The third kappa shape index (κ3) is 2.22. The van der Waals surface area contributed by atoms with Gasteiger partial charge >= 0.3 is 0 Å². The first-order valence-corrected chi connectivity index (χ1v) is 5.74. The van der Waals surface area contributed by atoms with Crippen LogP contribution in [0.1, 0.15) is 11.1 Å². The van der Waals surface area contributed by atoms with Crippen LogP contribution in [0.25, 0.3) is 6.08 Å². The lowest BCUT2D eigenvalue weighted by Gasteiger charge is -2.06. The Balaban J connectivity index is 1.72. The Morgan fingerprint density at radius 3 is 2.76 bits per heavy atom. The number of hydrogen-bond acceptors (Lipinski definition) is 1. The summed E-state index contributed by atoms with van der Waals surface area (Å²) in [5.41, 5.74) is 3.68. The van der Waals surface area contributed by atoms with E-state index in [0.717, 1.165) is 5.75 Å². The fourth-order valence-electron chi connectivity index (χ4n) is 1.94. The number of rotatable bonds is 3. The normalized spacial score (nSPS) is 12.5. The second-order valence-corrected chi connectivity index (χ2v) is 4.09. The quantitative estimate of drug-likeness (QED) is 0.796. The number of fused-ring (bicyclic) bond motifs is 1. The van der Waals surface area contributed by atoms with E-state index in [1.807, 2.05) is 24.3 Å². The highest BCUT2D eigenvalue weighted by molar-refractivity contribution is 5.64. The molecule has 0 saturated carbocycles. The van der Waals surface area contributed by atoms with Gasteiger partial charge in [0, 0.05) is 17.7 Å². The van der Waals surface area contributed by atoms with Crippen LogP contribution in [0.4, 0.5) is 5.69 Å². The maximum absolute atomic E-state index is 5.77. The van der Waals surface area contributed by atoms with Gasteiger partial charge in [-0.05, 0) is 17.7 Å². The van der Waals surface area contributed by atoms with Crippen molar-refractivity contribution in [3.8, 4) is 5.75 Å². The van der Waals surface area contributed by atoms with Crippen LogP contribution >= 0.6 is 0 Å². The summed E-state index contributed by atoms with van der Waals surface area (Å²) >= 11 is 0. The molecule has 1 aliphatic rings. The van der Waals surface area contributed by atoms with Crippen molar-refractivity contribution in [1.29, 1.82) is 0 Å². The first-order valence-electron chi connectivity index (χ1n) is 5.74. The Labute approximate surface area is 101 Å². The smallest absolute Gasteiger partial charge is 0.141 e. The van der Waals surface area contributed by atoms with Crippen molar-refractivity contribution < 1.29 is 10.1 Å². The zero-order valence-corrected chi connectivity index (χ0v) is 9.47. The first kappa shape index (κ1) is 10.1. The predicted molar refractivity (Wildman–Crippen MR) is 67.8 cm³/mol. The molecule has 17 heavy (non-hydrogen) atoms. The van der Waals surface area contributed by atoms with E-state index in [9.17, 15) is 0 Å². The molecule has 0 unspecified atom stereocenters. The lowest BCUT2D eigenvalue weighted by Crippen LogP contribution is -2.69. The van der Waals surface area contributed by atoms with Crippen LogP contribution in [-0.4, -0.2) is 0 Å². The van der Waals surface area contributed by atoms with E-state index >= 15 is 0 Å². The minimum Gasteiger partial charge on any atom is -0.489 e. The van der Waals surface area contributed by atoms with Crippen molar-refractivity contribution in [2.75, 3.05) is 0 Å². The summed E-state index contributed by atoms with van der Waals surface area (Å²) in [5.74, 6) is 0.924. The van der Waals surface area contributed by atoms with Crippen LogP contribution in [0.2, 0.25) is 0 Å². The number of nitrogens with two attached hydrogens (primary N) is 1. The van der Waals surface area contributed by atoms with Gasteiger partial charge in [0.1, 0.15) is 18.0 Å². The third-order valence-corrected chi connectivity index (χ3v) is 2.86. The molecule has 0 bridgehead atoms. The van der Waals surface area contributed by atoms with E-state index in [0.29, 0.717) is 6.61 Å². The highest BCUT2D eigenvalue weighted by Gasteiger charge is 2.09. The average Bonchev–Trinajstić information content (AvgIpc) is 2.85. The van der Waals surface area contributed by atoms with Gasteiger partial charge in [-0.15, -0.1) is 0 Å². The predicted octanol–water partition coefficient (Wildman–Crippen LogP) is 2.44. The van der Waals surface area contributed by atoms with Gasteiger partial charge in [-0.3, -0.25) is 5.32 Å². The number of hydrogen-bond donors (Lipinski definition) is 1. The molecule has 0 amide bonds. The summed E-state index contributed by atoms with van der Waals surface area (Å²) in [6.07, 6.45) is 4.16. The summed E-state index contributed by atoms with van der Waals surface area (Å²) in [6, 6.07) is 16.4. The molecule has 1 aliphatic heterocycles. The van der Waals surface area contributed by atoms with Crippen molar-refractivity contribution in [3.05, 3.63) is 65.9 Å². The zero-order chi connectivity index (χ0) is 11.5. The molecule has 0 atom stereocenters. The van der Waals surface area contributed by atoms with Gasteiger partial charge < -0.3 is 4.74 Å². The van der Waals surface area contributed by atoms with E-state index in [1.54, 1.807) is 0 Å². The lowest BCUT2D eigenvalue weighted by molar-refractivity contribution is -0.491. The minimum absolute atomic E-state index is 0.618. The van der Waals surface area contributed by atoms with Crippen LogP contribution in [0.5, 0.6) is 5.75 Å². The SMILES string of the molecule is C1=Cc2cc(OCc3ccccc3)ccc2[NH2+]1. The Bertz CT molecular complexity index is 546. The van der Waals surface area contributed by atoms with Crippen LogP contribution in [-0.2, 0) is 6.61 Å². The molecule has 84 valence electrons.